The molecule has 0 aromatic heterocycles. The van der Waals surface area contributed by atoms with Gasteiger partial charge in [0.2, 0.25) is 5.91 Å². The molecule has 1 aromatic carbocycles. The lowest BCUT2D eigenvalue weighted by Gasteiger charge is -2.15. The molecule has 1 fully saturated rings. The Morgan fingerprint density at radius 3 is 2.67 bits per heavy atom. The summed E-state index contributed by atoms with van der Waals surface area (Å²) in [6.07, 6.45) is 2.77. The predicted molar refractivity (Wildman–Crippen MR) is 78.9 cm³/mol. The second kappa shape index (κ2) is 7.08. The number of likely N-dealkylation sites (tertiary alicyclic amines) is 1. The van der Waals surface area contributed by atoms with E-state index in [-0.39, 0.29) is 11.5 Å². The van der Waals surface area contributed by atoms with E-state index in [0.29, 0.717) is 17.9 Å². The fraction of sp³-hybridized carbons (Fsp3) is 0.467. The number of benzene rings is 1. The predicted octanol–water partition coefficient (Wildman–Crippen LogP) is 1.82. The van der Waals surface area contributed by atoms with Crippen LogP contribution in [0.5, 0.6) is 5.75 Å². The van der Waals surface area contributed by atoms with Crippen molar-refractivity contribution in [2.24, 2.45) is 0 Å². The van der Waals surface area contributed by atoms with Gasteiger partial charge in [-0.1, -0.05) is 0 Å². The molecule has 2 rings (SSSR count). The Bertz CT molecular complexity index is 524. The number of anilines is 1. The summed E-state index contributed by atoms with van der Waals surface area (Å²) in [6, 6.07) is 4.40. The van der Waals surface area contributed by atoms with E-state index in [1.165, 1.54) is 32.1 Å². The minimum absolute atomic E-state index is 0.116. The van der Waals surface area contributed by atoms with E-state index >= 15 is 0 Å². The average molecular weight is 292 g/mol. The number of carbonyl (C=O) groups excluding carboxylic acids is 1. The minimum Gasteiger partial charge on any atom is -0.495 e. The minimum atomic E-state index is -1.04. The van der Waals surface area contributed by atoms with E-state index in [2.05, 4.69) is 10.2 Å². The van der Waals surface area contributed by atoms with Crippen molar-refractivity contribution in [1.82, 2.24) is 4.90 Å². The SMILES string of the molecule is COc1ccc(C(=O)O)cc1NC(=O)CCN1CCCC1. The monoisotopic (exact) mass is 292 g/mol. The van der Waals surface area contributed by atoms with Crippen LogP contribution in [0.3, 0.4) is 0 Å². The number of nitrogens with one attached hydrogen (secondary N) is 1. The number of nitrogens with zero attached hydrogens (tertiary/aromatic N) is 1. The zero-order valence-electron chi connectivity index (χ0n) is 12.1. The Labute approximate surface area is 123 Å². The summed E-state index contributed by atoms with van der Waals surface area (Å²) in [6.45, 7) is 2.82. The Hall–Kier alpha value is -2.08. The lowest BCUT2D eigenvalue weighted by atomic mass is 10.2. The second-order valence-corrected chi connectivity index (χ2v) is 5.07. The molecule has 6 heteroatoms. The maximum absolute atomic E-state index is 12.0. The van der Waals surface area contributed by atoms with Gasteiger partial charge in [-0.3, -0.25) is 4.79 Å². The normalized spacial score (nSPS) is 14.9. The molecule has 0 aliphatic carbocycles. The van der Waals surface area contributed by atoms with E-state index < -0.39 is 5.97 Å². The van der Waals surface area contributed by atoms with Crippen LogP contribution in [0.25, 0.3) is 0 Å². The summed E-state index contributed by atoms with van der Waals surface area (Å²) < 4.78 is 5.14. The highest BCUT2D eigenvalue weighted by Crippen LogP contribution is 2.25. The highest BCUT2D eigenvalue weighted by Gasteiger charge is 2.15. The van der Waals surface area contributed by atoms with Gasteiger partial charge < -0.3 is 20.1 Å². The van der Waals surface area contributed by atoms with Crippen molar-refractivity contribution >= 4 is 17.6 Å². The van der Waals surface area contributed by atoms with Gasteiger partial charge in [0, 0.05) is 13.0 Å². The highest BCUT2D eigenvalue weighted by atomic mass is 16.5. The van der Waals surface area contributed by atoms with Gasteiger partial charge in [-0.2, -0.15) is 0 Å². The van der Waals surface area contributed by atoms with Crippen molar-refractivity contribution in [2.45, 2.75) is 19.3 Å². The number of carboxylic acids is 1. The molecule has 1 saturated heterocycles. The van der Waals surface area contributed by atoms with E-state index in [9.17, 15) is 9.59 Å². The fourth-order valence-corrected chi connectivity index (χ4v) is 2.42. The van der Waals surface area contributed by atoms with Crippen molar-refractivity contribution in [3.05, 3.63) is 23.8 Å². The van der Waals surface area contributed by atoms with Gasteiger partial charge in [0.25, 0.3) is 0 Å². The van der Waals surface area contributed by atoms with Gasteiger partial charge >= 0.3 is 5.97 Å². The molecule has 0 unspecified atom stereocenters. The second-order valence-electron chi connectivity index (χ2n) is 5.07. The molecule has 21 heavy (non-hydrogen) atoms. The number of carboxylic acid groups (broad SMARTS) is 1. The van der Waals surface area contributed by atoms with Gasteiger partial charge in [0.05, 0.1) is 18.4 Å². The summed E-state index contributed by atoms with van der Waals surface area (Å²) in [4.78, 5) is 25.2. The maximum atomic E-state index is 12.0. The smallest absolute Gasteiger partial charge is 0.335 e. The van der Waals surface area contributed by atoms with Crippen LogP contribution >= 0.6 is 0 Å². The molecule has 1 aliphatic rings. The summed E-state index contributed by atoms with van der Waals surface area (Å²) in [7, 11) is 1.48. The van der Waals surface area contributed by atoms with Crippen LogP contribution in [0.4, 0.5) is 5.69 Å². The molecular formula is C15H20N2O4. The molecule has 114 valence electrons. The number of rotatable bonds is 6. The highest BCUT2D eigenvalue weighted by molar-refractivity contribution is 5.95. The van der Waals surface area contributed by atoms with Gasteiger partial charge in [-0.05, 0) is 44.1 Å². The molecule has 0 bridgehead atoms. The van der Waals surface area contributed by atoms with Crippen LogP contribution in [-0.2, 0) is 4.79 Å². The Morgan fingerprint density at radius 1 is 1.33 bits per heavy atom. The zero-order valence-corrected chi connectivity index (χ0v) is 12.1. The summed E-state index contributed by atoms with van der Waals surface area (Å²) in [5, 5.41) is 11.7. The van der Waals surface area contributed by atoms with Crippen LogP contribution in [0, 0.1) is 0 Å². The van der Waals surface area contributed by atoms with Gasteiger partial charge in [0.15, 0.2) is 0 Å². The molecule has 1 amide bonds. The van der Waals surface area contributed by atoms with Crippen molar-refractivity contribution in [3.8, 4) is 5.75 Å². The average Bonchev–Trinajstić information content (AvgIpc) is 2.98. The number of ether oxygens (including phenoxy) is 1. The van der Waals surface area contributed by atoms with E-state index in [1.54, 1.807) is 6.07 Å². The van der Waals surface area contributed by atoms with Gasteiger partial charge in [0.1, 0.15) is 5.75 Å². The molecule has 0 radical (unpaired) electrons. The molecule has 0 atom stereocenters. The first-order valence-electron chi connectivity index (χ1n) is 7.03. The largest absolute Gasteiger partial charge is 0.495 e. The van der Waals surface area contributed by atoms with Crippen molar-refractivity contribution < 1.29 is 19.4 Å². The maximum Gasteiger partial charge on any atom is 0.335 e. The topological polar surface area (TPSA) is 78.9 Å². The third kappa shape index (κ3) is 4.19. The first-order valence-corrected chi connectivity index (χ1v) is 7.03. The quantitative estimate of drug-likeness (QED) is 0.836. The molecule has 2 N–H and O–H groups in total. The van der Waals surface area contributed by atoms with Crippen LogP contribution in [0.2, 0.25) is 0 Å². The number of methoxy groups -OCH3 is 1. The first-order chi connectivity index (χ1) is 10.1. The van der Waals surface area contributed by atoms with Crippen molar-refractivity contribution in [1.29, 1.82) is 0 Å². The van der Waals surface area contributed by atoms with Crippen molar-refractivity contribution in [2.75, 3.05) is 32.1 Å². The fourth-order valence-electron chi connectivity index (χ4n) is 2.42. The van der Waals surface area contributed by atoms with E-state index in [1.807, 2.05) is 0 Å². The summed E-state index contributed by atoms with van der Waals surface area (Å²) in [5.74, 6) is -0.720. The van der Waals surface area contributed by atoms with E-state index in [0.717, 1.165) is 19.6 Å². The summed E-state index contributed by atoms with van der Waals surface area (Å²) in [5.41, 5.74) is 0.509. The molecule has 1 aromatic rings. The Balaban J connectivity index is 1.97. The number of hydrogen-bond acceptors (Lipinski definition) is 4. The molecule has 0 spiro atoms. The number of aromatic carboxylic acids is 1. The molecular weight excluding hydrogens is 272 g/mol. The van der Waals surface area contributed by atoms with Gasteiger partial charge in [-0.25, -0.2) is 4.79 Å². The molecule has 1 heterocycles. The third-order valence-corrected chi connectivity index (χ3v) is 3.57. The van der Waals surface area contributed by atoms with Crippen molar-refractivity contribution in [3.63, 3.8) is 0 Å². The number of amides is 1. The van der Waals surface area contributed by atoms with Crippen LogP contribution < -0.4 is 10.1 Å². The number of carbonyl (C=O) groups is 2. The lowest BCUT2D eigenvalue weighted by molar-refractivity contribution is -0.116. The molecule has 1 aliphatic heterocycles. The lowest BCUT2D eigenvalue weighted by Crippen LogP contribution is -2.25. The van der Waals surface area contributed by atoms with Gasteiger partial charge in [-0.15, -0.1) is 0 Å². The molecule has 0 saturated carbocycles. The van der Waals surface area contributed by atoms with Crippen LogP contribution in [0.1, 0.15) is 29.6 Å². The van der Waals surface area contributed by atoms with Crippen LogP contribution in [-0.4, -0.2) is 48.6 Å². The van der Waals surface area contributed by atoms with Crippen LogP contribution in [0.15, 0.2) is 18.2 Å². The summed E-state index contributed by atoms with van der Waals surface area (Å²) >= 11 is 0. The Kier molecular flexibility index (Phi) is 5.16. The Morgan fingerprint density at radius 2 is 2.05 bits per heavy atom. The number of hydrogen-bond donors (Lipinski definition) is 2. The molecule has 6 nitrogen and oxygen atoms in total. The standard InChI is InChI=1S/C15H20N2O4/c1-21-13-5-4-11(15(19)20)10-12(13)16-14(18)6-9-17-7-2-3-8-17/h4-5,10H,2-3,6-9H2,1H3,(H,16,18)(H,19,20). The zero-order chi connectivity index (χ0) is 15.2. The first kappa shape index (κ1) is 15.3. The van der Waals surface area contributed by atoms with E-state index in [4.69, 9.17) is 9.84 Å². The third-order valence-electron chi connectivity index (χ3n) is 3.57.